The Bertz CT molecular complexity index is 542. The van der Waals surface area contributed by atoms with E-state index in [2.05, 4.69) is 15.3 Å². The van der Waals surface area contributed by atoms with Crippen molar-refractivity contribution in [1.29, 1.82) is 0 Å². The number of nitrogens with zero attached hydrogens (tertiary/aromatic N) is 3. The molecule has 2 heterocycles. The second kappa shape index (κ2) is 5.18. The maximum absolute atomic E-state index is 12.2. The van der Waals surface area contributed by atoms with Crippen molar-refractivity contribution in [1.82, 2.24) is 9.97 Å². The van der Waals surface area contributed by atoms with Crippen molar-refractivity contribution in [2.45, 2.75) is 39.3 Å². The van der Waals surface area contributed by atoms with E-state index in [9.17, 15) is 4.79 Å². The van der Waals surface area contributed by atoms with Crippen LogP contribution >= 0.6 is 11.6 Å². The molecule has 20 heavy (non-hydrogen) atoms. The minimum Gasteiger partial charge on any atom is -0.373 e. The highest BCUT2D eigenvalue weighted by Gasteiger charge is 2.34. The lowest BCUT2D eigenvalue weighted by Gasteiger charge is -2.35. The van der Waals surface area contributed by atoms with E-state index in [4.69, 9.17) is 16.3 Å². The summed E-state index contributed by atoms with van der Waals surface area (Å²) in [6, 6.07) is -0.438. The van der Waals surface area contributed by atoms with Crippen molar-refractivity contribution in [2.24, 2.45) is 0 Å². The fraction of sp³-hybridized carbons (Fsp3) is 0.615. The number of likely N-dealkylation sites (N-methyl/N-ethyl adjacent to an activating group) is 1. The van der Waals surface area contributed by atoms with Gasteiger partial charge in [0.15, 0.2) is 5.82 Å². The minimum absolute atomic E-state index is 0.127. The van der Waals surface area contributed by atoms with Crippen molar-refractivity contribution >= 4 is 29.0 Å². The summed E-state index contributed by atoms with van der Waals surface area (Å²) >= 11 is 5.89. The number of rotatable bonds is 2. The van der Waals surface area contributed by atoms with Crippen LogP contribution in [0.1, 0.15) is 26.5 Å². The number of halogens is 1. The van der Waals surface area contributed by atoms with Crippen LogP contribution in [0.5, 0.6) is 0 Å². The summed E-state index contributed by atoms with van der Waals surface area (Å²) < 4.78 is 5.71. The molecule has 7 heteroatoms. The Morgan fingerprint density at radius 1 is 1.40 bits per heavy atom. The van der Waals surface area contributed by atoms with Gasteiger partial charge < -0.3 is 15.0 Å². The third-order valence-electron chi connectivity index (χ3n) is 3.07. The smallest absolute Gasteiger partial charge is 0.249 e. The van der Waals surface area contributed by atoms with Gasteiger partial charge in [0.05, 0.1) is 17.9 Å². The van der Waals surface area contributed by atoms with Crippen molar-refractivity contribution in [3.63, 3.8) is 0 Å². The molecule has 1 amide bonds. The largest absolute Gasteiger partial charge is 0.373 e. The van der Waals surface area contributed by atoms with Gasteiger partial charge in [0, 0.05) is 7.05 Å². The van der Waals surface area contributed by atoms with Crippen LogP contribution in [0.2, 0.25) is 5.28 Å². The Kier molecular flexibility index (Phi) is 3.88. The molecule has 0 aliphatic carbocycles. The average molecular weight is 299 g/mol. The molecule has 110 valence electrons. The van der Waals surface area contributed by atoms with Gasteiger partial charge in [-0.05, 0) is 39.3 Å². The van der Waals surface area contributed by atoms with Crippen molar-refractivity contribution in [3.8, 4) is 0 Å². The fourth-order valence-corrected chi connectivity index (χ4v) is 2.18. The van der Waals surface area contributed by atoms with Crippen LogP contribution in [0.15, 0.2) is 0 Å². The summed E-state index contributed by atoms with van der Waals surface area (Å²) in [7, 11) is 1.80. The quantitative estimate of drug-likeness (QED) is 0.846. The van der Waals surface area contributed by atoms with Gasteiger partial charge in [0.25, 0.3) is 0 Å². The second-order valence-corrected chi connectivity index (χ2v) is 6.15. The summed E-state index contributed by atoms with van der Waals surface area (Å²) in [5.74, 6) is 0.489. The number of aromatic nitrogens is 2. The Morgan fingerprint density at radius 3 is 2.65 bits per heavy atom. The number of hydrogen-bond acceptors (Lipinski definition) is 5. The summed E-state index contributed by atoms with van der Waals surface area (Å²) in [4.78, 5) is 22.2. The van der Waals surface area contributed by atoms with Crippen LogP contribution < -0.4 is 10.2 Å². The lowest BCUT2D eigenvalue weighted by molar-refractivity contribution is -0.120. The molecule has 1 atom stereocenters. The fourth-order valence-electron chi connectivity index (χ4n) is 1.97. The molecule has 0 radical (unpaired) electrons. The highest BCUT2D eigenvalue weighted by atomic mass is 35.5. The van der Waals surface area contributed by atoms with Crippen molar-refractivity contribution in [2.75, 3.05) is 23.9 Å². The third-order valence-corrected chi connectivity index (χ3v) is 3.24. The summed E-state index contributed by atoms with van der Waals surface area (Å²) in [5.41, 5.74) is 0.949. The highest BCUT2D eigenvalue weighted by molar-refractivity contribution is 6.28. The molecule has 1 N–H and O–H groups in total. The van der Waals surface area contributed by atoms with E-state index in [0.29, 0.717) is 17.2 Å². The number of carbonyl (C=O) groups is 1. The molecule has 0 saturated heterocycles. The van der Waals surface area contributed by atoms with Crippen LogP contribution in [-0.4, -0.2) is 41.2 Å². The first-order chi connectivity index (χ1) is 9.19. The molecule has 0 spiro atoms. The molecule has 1 aromatic rings. The number of fused-ring (bicyclic) bond motifs is 1. The molecule has 0 aromatic carbocycles. The predicted molar refractivity (Wildman–Crippen MR) is 78.3 cm³/mol. The Morgan fingerprint density at radius 2 is 2.05 bits per heavy atom. The van der Waals surface area contributed by atoms with Gasteiger partial charge in [0.1, 0.15) is 11.7 Å². The molecular formula is C13H19ClN4O2. The van der Waals surface area contributed by atoms with Crippen molar-refractivity contribution in [3.05, 3.63) is 11.0 Å². The Labute approximate surface area is 123 Å². The summed E-state index contributed by atoms with van der Waals surface area (Å²) in [6.07, 6.45) is 0. The van der Waals surface area contributed by atoms with E-state index in [-0.39, 0.29) is 23.4 Å². The van der Waals surface area contributed by atoms with Gasteiger partial charge in [-0.1, -0.05) is 0 Å². The zero-order chi connectivity index (χ0) is 15.1. The minimum atomic E-state index is -0.438. The first-order valence-electron chi connectivity index (χ1n) is 6.41. The van der Waals surface area contributed by atoms with E-state index < -0.39 is 6.04 Å². The average Bonchev–Trinajstić information content (AvgIpc) is 2.29. The number of aryl methyl sites for hydroxylation is 1. The van der Waals surface area contributed by atoms with Crippen LogP contribution in [-0.2, 0) is 9.53 Å². The van der Waals surface area contributed by atoms with E-state index in [0.717, 1.165) is 0 Å². The van der Waals surface area contributed by atoms with E-state index in [1.807, 2.05) is 20.8 Å². The molecule has 1 aliphatic rings. The number of hydrogen-bond donors (Lipinski definition) is 1. The Balaban J connectivity index is 2.29. The van der Waals surface area contributed by atoms with Crippen LogP contribution in [0.25, 0.3) is 0 Å². The number of nitrogens with one attached hydrogen (secondary N) is 1. The number of amides is 1. The zero-order valence-corrected chi connectivity index (χ0v) is 13.1. The molecule has 0 fully saturated rings. The second-order valence-electron chi connectivity index (χ2n) is 5.82. The molecule has 0 bridgehead atoms. The van der Waals surface area contributed by atoms with E-state index >= 15 is 0 Å². The van der Waals surface area contributed by atoms with Crippen molar-refractivity contribution < 1.29 is 9.53 Å². The molecule has 1 aromatic heterocycles. The van der Waals surface area contributed by atoms with Gasteiger partial charge in [-0.25, -0.2) is 4.98 Å². The standard InChI is InChI=1S/C13H19ClN4O2/c1-7-9-10(17-12(14)15-7)18(5)8(11(19)16-9)6-20-13(2,3)4/h8H,6H2,1-5H3,(H,16,19)/t8-/m0/s1. The maximum Gasteiger partial charge on any atom is 0.249 e. The molecule has 6 nitrogen and oxygen atoms in total. The van der Waals surface area contributed by atoms with Crippen LogP contribution in [0.4, 0.5) is 11.5 Å². The summed E-state index contributed by atoms with van der Waals surface area (Å²) in [6.45, 7) is 7.92. The number of anilines is 2. The van der Waals surface area contributed by atoms with E-state index in [1.165, 1.54) is 0 Å². The molecule has 0 unspecified atom stereocenters. The first-order valence-corrected chi connectivity index (χ1v) is 6.78. The lowest BCUT2D eigenvalue weighted by atomic mass is 10.1. The van der Waals surface area contributed by atoms with Crippen LogP contribution in [0.3, 0.4) is 0 Å². The monoisotopic (exact) mass is 298 g/mol. The number of ether oxygens (including phenoxy) is 1. The first kappa shape index (κ1) is 15.0. The van der Waals surface area contributed by atoms with Gasteiger partial charge in [-0.15, -0.1) is 0 Å². The van der Waals surface area contributed by atoms with Gasteiger partial charge >= 0.3 is 0 Å². The number of carbonyl (C=O) groups excluding carboxylic acids is 1. The topological polar surface area (TPSA) is 67.3 Å². The molecule has 0 saturated carbocycles. The third kappa shape index (κ3) is 3.02. The lowest BCUT2D eigenvalue weighted by Crippen LogP contribution is -2.50. The molecule has 2 rings (SSSR count). The Hall–Kier alpha value is -1.40. The van der Waals surface area contributed by atoms with Gasteiger partial charge in [-0.3, -0.25) is 4.79 Å². The van der Waals surface area contributed by atoms with Gasteiger partial charge in [0.2, 0.25) is 11.2 Å². The zero-order valence-electron chi connectivity index (χ0n) is 12.3. The van der Waals surface area contributed by atoms with Gasteiger partial charge in [-0.2, -0.15) is 4.98 Å². The summed E-state index contributed by atoms with van der Waals surface area (Å²) in [5, 5.41) is 2.99. The van der Waals surface area contributed by atoms with Crippen LogP contribution in [0, 0.1) is 6.92 Å². The highest BCUT2D eigenvalue weighted by Crippen LogP contribution is 2.32. The molecule has 1 aliphatic heterocycles. The predicted octanol–water partition coefficient (Wildman–Crippen LogP) is 2.01. The maximum atomic E-state index is 12.2. The van der Waals surface area contributed by atoms with E-state index in [1.54, 1.807) is 18.9 Å². The normalized spacial score (nSPS) is 18.8. The SMILES string of the molecule is Cc1nc(Cl)nc2c1NC(=O)[C@H](COC(C)(C)C)N2C. The molecular weight excluding hydrogens is 280 g/mol.